The van der Waals surface area contributed by atoms with Gasteiger partial charge in [-0.15, -0.1) is 0 Å². The standard InChI is InChI=1S/C15H23NO5/c1-3-6-12(17)13(14(18)20-4-2)11-8-5-7-10-9-21-15(19)16(10)11/h10-11,13H,3-9H2,1-2H3/t10-,11-,13-/m0/s1. The van der Waals surface area contributed by atoms with Gasteiger partial charge < -0.3 is 9.47 Å². The predicted octanol–water partition coefficient (Wildman–Crippen LogP) is 1.91. The Morgan fingerprint density at radius 1 is 1.38 bits per heavy atom. The zero-order valence-corrected chi connectivity index (χ0v) is 12.7. The Morgan fingerprint density at radius 3 is 2.81 bits per heavy atom. The number of amides is 1. The predicted molar refractivity (Wildman–Crippen MR) is 74.7 cm³/mol. The van der Waals surface area contributed by atoms with Crippen LogP contribution in [0.15, 0.2) is 0 Å². The van der Waals surface area contributed by atoms with Crippen molar-refractivity contribution in [1.29, 1.82) is 0 Å². The van der Waals surface area contributed by atoms with Crippen LogP contribution in [0.4, 0.5) is 4.79 Å². The van der Waals surface area contributed by atoms with Crippen LogP contribution in [0.3, 0.4) is 0 Å². The van der Waals surface area contributed by atoms with Crippen LogP contribution in [0.25, 0.3) is 0 Å². The number of cyclic esters (lactones) is 1. The molecule has 6 heteroatoms. The van der Waals surface area contributed by atoms with E-state index in [-0.39, 0.29) is 18.4 Å². The smallest absolute Gasteiger partial charge is 0.410 e. The van der Waals surface area contributed by atoms with Crippen molar-refractivity contribution in [3.63, 3.8) is 0 Å². The van der Waals surface area contributed by atoms with Gasteiger partial charge in [0.15, 0.2) is 0 Å². The number of ketones is 1. The van der Waals surface area contributed by atoms with Crippen molar-refractivity contribution in [2.24, 2.45) is 5.92 Å². The van der Waals surface area contributed by atoms with Gasteiger partial charge >= 0.3 is 12.1 Å². The minimum absolute atomic E-state index is 0.0115. The van der Waals surface area contributed by atoms with E-state index in [2.05, 4.69) is 0 Å². The van der Waals surface area contributed by atoms with Crippen molar-refractivity contribution < 1.29 is 23.9 Å². The minimum Gasteiger partial charge on any atom is -0.465 e. The Bertz CT molecular complexity index is 404. The molecule has 3 atom stereocenters. The maximum absolute atomic E-state index is 12.4. The Hall–Kier alpha value is -1.59. The summed E-state index contributed by atoms with van der Waals surface area (Å²) in [5.41, 5.74) is 0. The molecule has 0 unspecified atom stereocenters. The molecule has 0 aromatic rings. The number of esters is 1. The molecule has 2 aliphatic heterocycles. The highest BCUT2D eigenvalue weighted by molar-refractivity contribution is 6.00. The van der Waals surface area contributed by atoms with Crippen molar-refractivity contribution >= 4 is 17.8 Å². The van der Waals surface area contributed by atoms with Gasteiger partial charge in [0, 0.05) is 6.42 Å². The van der Waals surface area contributed by atoms with Crippen molar-refractivity contribution in [3.8, 4) is 0 Å². The third-order valence-corrected chi connectivity index (χ3v) is 4.17. The lowest BCUT2D eigenvalue weighted by Crippen LogP contribution is -2.53. The van der Waals surface area contributed by atoms with Crippen LogP contribution in [-0.2, 0) is 19.1 Å². The van der Waals surface area contributed by atoms with Crippen LogP contribution in [0.1, 0.15) is 46.0 Å². The first-order valence-corrected chi connectivity index (χ1v) is 7.74. The lowest BCUT2D eigenvalue weighted by atomic mass is 9.84. The second-order valence-electron chi connectivity index (χ2n) is 5.58. The lowest BCUT2D eigenvalue weighted by molar-refractivity contribution is -0.154. The van der Waals surface area contributed by atoms with Crippen LogP contribution in [0.2, 0.25) is 0 Å². The molecule has 1 amide bonds. The summed E-state index contributed by atoms with van der Waals surface area (Å²) in [6.07, 6.45) is 2.98. The molecule has 0 spiro atoms. The molecule has 6 nitrogen and oxygen atoms in total. The number of carbonyl (C=O) groups excluding carboxylic acids is 3. The van der Waals surface area contributed by atoms with E-state index in [1.165, 1.54) is 0 Å². The Kier molecular flexibility index (Phi) is 5.20. The molecular formula is C15H23NO5. The van der Waals surface area contributed by atoms with Gasteiger partial charge in [-0.25, -0.2) is 4.79 Å². The maximum atomic E-state index is 12.4. The van der Waals surface area contributed by atoms with Gasteiger partial charge in [0.2, 0.25) is 0 Å². The molecule has 0 N–H and O–H groups in total. The Labute approximate surface area is 124 Å². The fourth-order valence-electron chi connectivity index (χ4n) is 3.27. The molecular weight excluding hydrogens is 274 g/mol. The number of piperidine rings is 1. The SMILES string of the molecule is CCCC(=O)[C@@H](C(=O)OCC)[C@@H]1CCC[C@H]2COC(=O)N21. The van der Waals surface area contributed by atoms with E-state index in [1.807, 2.05) is 6.92 Å². The molecule has 2 fully saturated rings. The van der Waals surface area contributed by atoms with Crippen molar-refractivity contribution in [1.82, 2.24) is 4.90 Å². The number of hydrogen-bond donors (Lipinski definition) is 0. The number of hydrogen-bond acceptors (Lipinski definition) is 5. The van der Waals surface area contributed by atoms with E-state index in [0.717, 1.165) is 12.8 Å². The highest BCUT2D eigenvalue weighted by Crippen LogP contribution is 2.33. The van der Waals surface area contributed by atoms with Gasteiger partial charge in [-0.3, -0.25) is 14.5 Å². The summed E-state index contributed by atoms with van der Waals surface area (Å²) in [4.78, 5) is 38.1. The molecule has 0 aromatic carbocycles. The fraction of sp³-hybridized carbons (Fsp3) is 0.800. The van der Waals surface area contributed by atoms with Gasteiger partial charge in [0.1, 0.15) is 18.3 Å². The van der Waals surface area contributed by atoms with E-state index in [0.29, 0.717) is 25.9 Å². The zero-order chi connectivity index (χ0) is 15.4. The van der Waals surface area contributed by atoms with Crippen LogP contribution >= 0.6 is 0 Å². The number of fused-ring (bicyclic) bond motifs is 1. The molecule has 0 aliphatic carbocycles. The molecule has 2 rings (SSSR count). The van der Waals surface area contributed by atoms with E-state index in [9.17, 15) is 14.4 Å². The van der Waals surface area contributed by atoms with E-state index >= 15 is 0 Å². The molecule has 0 radical (unpaired) electrons. The number of carbonyl (C=O) groups is 3. The van der Waals surface area contributed by atoms with E-state index < -0.39 is 24.0 Å². The zero-order valence-electron chi connectivity index (χ0n) is 12.7. The maximum Gasteiger partial charge on any atom is 0.410 e. The highest BCUT2D eigenvalue weighted by Gasteiger charge is 2.48. The molecule has 0 aromatic heterocycles. The van der Waals surface area contributed by atoms with E-state index in [4.69, 9.17) is 9.47 Å². The first kappa shape index (κ1) is 15.8. The summed E-state index contributed by atoms with van der Waals surface area (Å²) in [5.74, 6) is -1.53. The quantitative estimate of drug-likeness (QED) is 0.553. The van der Waals surface area contributed by atoms with Crippen LogP contribution in [0.5, 0.6) is 0 Å². The summed E-state index contributed by atoms with van der Waals surface area (Å²) in [5, 5.41) is 0. The van der Waals surface area contributed by atoms with Gasteiger partial charge in [-0.05, 0) is 32.6 Å². The summed E-state index contributed by atoms with van der Waals surface area (Å²) in [6, 6.07) is -0.431. The molecule has 0 bridgehead atoms. The van der Waals surface area contributed by atoms with Gasteiger partial charge in [0.05, 0.1) is 18.7 Å². The lowest BCUT2D eigenvalue weighted by Gasteiger charge is -2.38. The minimum atomic E-state index is -0.877. The second kappa shape index (κ2) is 6.91. The molecule has 0 saturated carbocycles. The highest BCUT2D eigenvalue weighted by atomic mass is 16.6. The summed E-state index contributed by atoms with van der Waals surface area (Å²) in [7, 11) is 0. The molecule has 2 heterocycles. The first-order chi connectivity index (χ1) is 10.1. The third-order valence-electron chi connectivity index (χ3n) is 4.17. The summed E-state index contributed by atoms with van der Waals surface area (Å²) < 4.78 is 10.2. The van der Waals surface area contributed by atoms with Crippen molar-refractivity contribution in [3.05, 3.63) is 0 Å². The molecule has 21 heavy (non-hydrogen) atoms. The Balaban J connectivity index is 2.23. The Morgan fingerprint density at radius 2 is 2.14 bits per heavy atom. The van der Waals surface area contributed by atoms with Crippen LogP contribution in [0, 0.1) is 5.92 Å². The van der Waals surface area contributed by atoms with E-state index in [1.54, 1.807) is 11.8 Å². The molecule has 118 valence electrons. The van der Waals surface area contributed by atoms with Gasteiger partial charge in [-0.1, -0.05) is 6.92 Å². The normalized spacial score (nSPS) is 26.0. The number of nitrogens with zero attached hydrogens (tertiary/aromatic N) is 1. The summed E-state index contributed by atoms with van der Waals surface area (Å²) in [6.45, 7) is 4.20. The number of ether oxygens (including phenoxy) is 2. The molecule has 2 saturated heterocycles. The second-order valence-corrected chi connectivity index (χ2v) is 5.58. The third kappa shape index (κ3) is 3.19. The number of Topliss-reactive ketones (excluding diaryl/α,β-unsaturated/α-hetero) is 1. The first-order valence-electron chi connectivity index (χ1n) is 7.74. The fourth-order valence-corrected chi connectivity index (χ4v) is 3.27. The van der Waals surface area contributed by atoms with Gasteiger partial charge in [-0.2, -0.15) is 0 Å². The van der Waals surface area contributed by atoms with Gasteiger partial charge in [0.25, 0.3) is 0 Å². The number of rotatable bonds is 6. The summed E-state index contributed by atoms with van der Waals surface area (Å²) >= 11 is 0. The van der Waals surface area contributed by atoms with Crippen molar-refractivity contribution in [2.75, 3.05) is 13.2 Å². The topological polar surface area (TPSA) is 72.9 Å². The average Bonchev–Trinajstić information content (AvgIpc) is 2.82. The monoisotopic (exact) mass is 297 g/mol. The largest absolute Gasteiger partial charge is 0.465 e. The average molecular weight is 297 g/mol. The van der Waals surface area contributed by atoms with Crippen LogP contribution < -0.4 is 0 Å². The van der Waals surface area contributed by atoms with Crippen LogP contribution in [-0.4, -0.2) is 48.0 Å². The van der Waals surface area contributed by atoms with Crippen molar-refractivity contribution in [2.45, 2.75) is 58.0 Å². The molecule has 2 aliphatic rings.